The van der Waals surface area contributed by atoms with Crippen LogP contribution in [0.4, 0.5) is 5.69 Å². The molecule has 1 N–H and O–H groups in total. The lowest BCUT2D eigenvalue weighted by Gasteiger charge is -2.29. The summed E-state index contributed by atoms with van der Waals surface area (Å²) in [6.45, 7) is 1.42. The van der Waals surface area contributed by atoms with Gasteiger partial charge in [0, 0.05) is 49.5 Å². The van der Waals surface area contributed by atoms with Crippen LogP contribution in [0.2, 0.25) is 0 Å². The maximum atomic E-state index is 11.8. The molecule has 1 aliphatic rings. The minimum Gasteiger partial charge on any atom is -0.494 e. The van der Waals surface area contributed by atoms with Gasteiger partial charge in [-0.15, -0.1) is 0 Å². The highest BCUT2D eigenvalue weighted by molar-refractivity contribution is 7.91. The lowest BCUT2D eigenvalue weighted by atomic mass is 10.2. The zero-order chi connectivity index (χ0) is 20.7. The van der Waals surface area contributed by atoms with Crippen molar-refractivity contribution in [1.82, 2.24) is 14.5 Å². The number of aromatic hydroxyl groups is 1. The van der Waals surface area contributed by atoms with Crippen molar-refractivity contribution in [3.63, 3.8) is 0 Å². The summed E-state index contributed by atoms with van der Waals surface area (Å²) in [6.07, 6.45) is 4.22. The van der Waals surface area contributed by atoms with Crippen molar-refractivity contribution in [2.24, 2.45) is 0 Å². The van der Waals surface area contributed by atoms with E-state index in [1.165, 1.54) is 0 Å². The van der Waals surface area contributed by atoms with E-state index < -0.39 is 9.84 Å². The summed E-state index contributed by atoms with van der Waals surface area (Å²) in [7, 11) is -2.97. The Hall–Kier alpha value is -3.13. The summed E-state index contributed by atoms with van der Waals surface area (Å²) in [5, 5.41) is 12.7. The molecule has 0 saturated carbocycles. The summed E-state index contributed by atoms with van der Waals surface area (Å²) < 4.78 is 25.3. The number of fused-ring (bicyclic) bond motifs is 2. The van der Waals surface area contributed by atoms with Gasteiger partial charge in [-0.2, -0.15) is 0 Å². The molecule has 0 aliphatic carbocycles. The number of para-hydroxylation sites is 1. The van der Waals surface area contributed by atoms with Gasteiger partial charge in [0.1, 0.15) is 0 Å². The van der Waals surface area contributed by atoms with Crippen LogP contribution in [-0.2, 0) is 22.8 Å². The van der Waals surface area contributed by atoms with Crippen LogP contribution in [0.25, 0.3) is 21.8 Å². The number of sulfone groups is 1. The summed E-state index contributed by atoms with van der Waals surface area (Å²) in [5.74, 6) is 0.417. The van der Waals surface area contributed by atoms with Gasteiger partial charge < -0.3 is 14.6 Å². The van der Waals surface area contributed by atoms with Crippen molar-refractivity contribution in [3.8, 4) is 5.88 Å². The second-order valence-electron chi connectivity index (χ2n) is 7.62. The lowest BCUT2D eigenvalue weighted by molar-refractivity contribution is 0.422. The Labute approximate surface area is 174 Å². The molecule has 1 aliphatic heterocycles. The minimum atomic E-state index is -2.97. The lowest BCUT2D eigenvalue weighted by Crippen LogP contribution is -2.40. The largest absolute Gasteiger partial charge is 0.494 e. The molecule has 3 aromatic heterocycles. The average molecular weight is 423 g/mol. The molecule has 8 heteroatoms. The van der Waals surface area contributed by atoms with Crippen LogP contribution in [-0.4, -0.2) is 52.7 Å². The number of hydrogen-bond donors (Lipinski definition) is 1. The van der Waals surface area contributed by atoms with Gasteiger partial charge >= 0.3 is 0 Å². The molecule has 154 valence electrons. The molecule has 7 nitrogen and oxygen atoms in total. The number of aromatic nitrogens is 3. The highest BCUT2D eigenvalue weighted by atomic mass is 32.2. The summed E-state index contributed by atoms with van der Waals surface area (Å²) in [5.41, 5.74) is 3.45. The SMILES string of the molecule is O=S1(=O)CCN(c2ccnc3cn(CCc4ccc5ccccc5n4)c(O)c23)CC1. The fraction of sp³-hybridized carbons (Fsp3) is 0.273. The van der Waals surface area contributed by atoms with Crippen LogP contribution in [0.5, 0.6) is 5.88 Å². The molecule has 30 heavy (non-hydrogen) atoms. The van der Waals surface area contributed by atoms with Gasteiger partial charge in [-0.3, -0.25) is 9.97 Å². The van der Waals surface area contributed by atoms with Crippen LogP contribution < -0.4 is 4.90 Å². The summed E-state index contributed by atoms with van der Waals surface area (Å²) >= 11 is 0. The monoisotopic (exact) mass is 422 g/mol. The molecule has 1 fully saturated rings. The van der Waals surface area contributed by atoms with E-state index in [2.05, 4.69) is 11.1 Å². The van der Waals surface area contributed by atoms with Crippen molar-refractivity contribution >= 4 is 37.3 Å². The molecular weight excluding hydrogens is 400 g/mol. The van der Waals surface area contributed by atoms with Gasteiger partial charge in [-0.05, 0) is 18.2 Å². The number of rotatable bonds is 4. The average Bonchev–Trinajstić information content (AvgIpc) is 3.08. The van der Waals surface area contributed by atoms with Gasteiger partial charge in [0.05, 0.1) is 33.6 Å². The summed E-state index contributed by atoms with van der Waals surface area (Å²) in [4.78, 5) is 11.1. The van der Waals surface area contributed by atoms with E-state index in [1.807, 2.05) is 47.5 Å². The molecule has 4 heterocycles. The highest BCUT2D eigenvalue weighted by Gasteiger charge is 2.25. The number of benzene rings is 1. The second-order valence-corrected chi connectivity index (χ2v) is 9.92. The highest BCUT2D eigenvalue weighted by Crippen LogP contribution is 2.35. The van der Waals surface area contributed by atoms with Crippen molar-refractivity contribution in [3.05, 3.63) is 60.6 Å². The molecule has 1 saturated heterocycles. The Bertz CT molecular complexity index is 1330. The third-order valence-corrected chi connectivity index (χ3v) is 7.29. The smallest absolute Gasteiger partial charge is 0.202 e. The van der Waals surface area contributed by atoms with Crippen molar-refractivity contribution in [2.45, 2.75) is 13.0 Å². The van der Waals surface area contributed by atoms with E-state index in [0.717, 1.165) is 22.3 Å². The van der Waals surface area contributed by atoms with E-state index in [0.29, 0.717) is 37.0 Å². The Morgan fingerprint density at radius 3 is 2.63 bits per heavy atom. The van der Waals surface area contributed by atoms with Gasteiger partial charge in [-0.25, -0.2) is 8.42 Å². The molecule has 5 rings (SSSR count). The maximum absolute atomic E-state index is 11.8. The first-order valence-corrected chi connectivity index (χ1v) is 11.8. The fourth-order valence-corrected chi connectivity index (χ4v) is 5.22. The summed E-state index contributed by atoms with van der Waals surface area (Å²) in [6, 6.07) is 13.9. The van der Waals surface area contributed by atoms with Gasteiger partial charge in [0.2, 0.25) is 5.88 Å². The fourth-order valence-electron chi connectivity index (χ4n) is 4.02. The maximum Gasteiger partial charge on any atom is 0.202 e. The minimum absolute atomic E-state index is 0.131. The first-order valence-electron chi connectivity index (χ1n) is 9.97. The number of pyridine rings is 2. The quantitative estimate of drug-likeness (QED) is 0.544. The van der Waals surface area contributed by atoms with E-state index in [9.17, 15) is 13.5 Å². The van der Waals surface area contributed by atoms with E-state index in [4.69, 9.17) is 4.98 Å². The molecule has 0 spiro atoms. The first-order chi connectivity index (χ1) is 14.5. The van der Waals surface area contributed by atoms with Crippen LogP contribution >= 0.6 is 0 Å². The van der Waals surface area contributed by atoms with E-state index >= 15 is 0 Å². The topological polar surface area (TPSA) is 88.3 Å². The molecule has 1 aromatic carbocycles. The number of anilines is 1. The van der Waals surface area contributed by atoms with E-state index in [-0.39, 0.29) is 17.4 Å². The normalized spacial score (nSPS) is 16.3. The number of aryl methyl sites for hydroxylation is 2. The molecule has 4 aromatic rings. The van der Waals surface area contributed by atoms with Crippen molar-refractivity contribution in [2.75, 3.05) is 29.5 Å². The molecule has 0 amide bonds. The predicted octanol–water partition coefficient (Wildman–Crippen LogP) is 2.77. The Morgan fingerprint density at radius 1 is 1.00 bits per heavy atom. The van der Waals surface area contributed by atoms with Crippen molar-refractivity contribution in [1.29, 1.82) is 0 Å². The zero-order valence-corrected chi connectivity index (χ0v) is 17.2. The molecule has 0 radical (unpaired) electrons. The molecular formula is C22H22N4O3S. The first kappa shape index (κ1) is 18.9. The van der Waals surface area contributed by atoms with Gasteiger partial charge in [0.15, 0.2) is 9.84 Å². The third kappa shape index (κ3) is 3.47. The second kappa shape index (κ2) is 7.28. The van der Waals surface area contributed by atoms with Crippen LogP contribution in [0.1, 0.15) is 5.69 Å². The molecule has 0 bridgehead atoms. The van der Waals surface area contributed by atoms with Crippen LogP contribution in [0, 0.1) is 0 Å². The Morgan fingerprint density at radius 2 is 1.80 bits per heavy atom. The van der Waals surface area contributed by atoms with Crippen molar-refractivity contribution < 1.29 is 13.5 Å². The van der Waals surface area contributed by atoms with E-state index in [1.54, 1.807) is 10.8 Å². The molecule has 0 unspecified atom stereocenters. The van der Waals surface area contributed by atoms with Gasteiger partial charge in [-0.1, -0.05) is 24.3 Å². The molecule has 0 atom stereocenters. The third-order valence-electron chi connectivity index (χ3n) is 5.68. The Balaban J connectivity index is 1.42. The van der Waals surface area contributed by atoms with Crippen LogP contribution in [0.15, 0.2) is 54.9 Å². The standard InChI is InChI=1S/C22H22N4O3S/c27-22-21-19(23-9-7-20(21)25-11-13-30(28,29)14-12-25)15-26(22)10-8-17-6-5-16-3-1-2-4-18(16)24-17/h1-7,9,15,27H,8,10-14H2. The predicted molar refractivity (Wildman–Crippen MR) is 118 cm³/mol. The zero-order valence-electron chi connectivity index (χ0n) is 16.4. The van der Waals surface area contributed by atoms with Crippen LogP contribution in [0.3, 0.4) is 0 Å². The number of hydrogen-bond acceptors (Lipinski definition) is 6. The number of nitrogens with zero attached hydrogens (tertiary/aromatic N) is 4. The Kier molecular flexibility index (Phi) is 4.58. The van der Waals surface area contributed by atoms with Gasteiger partial charge in [0.25, 0.3) is 0 Å².